The lowest BCUT2D eigenvalue weighted by Gasteiger charge is -2.07. The number of halogens is 1. The number of carbonyl (C=O) groups excluding carboxylic acids is 1. The van der Waals surface area contributed by atoms with Crippen LogP contribution in [0.15, 0.2) is 30.6 Å². The van der Waals surface area contributed by atoms with Crippen molar-refractivity contribution in [2.45, 2.75) is 13.8 Å². The van der Waals surface area contributed by atoms with E-state index in [0.29, 0.717) is 27.8 Å². The summed E-state index contributed by atoms with van der Waals surface area (Å²) in [6.45, 7) is 3.92. The number of thiophene rings is 1. The maximum absolute atomic E-state index is 13.0. The third kappa shape index (κ3) is 3.00. The molecule has 1 N–H and O–H groups in total. The van der Waals surface area contributed by atoms with E-state index in [-0.39, 0.29) is 11.8 Å². The second-order valence-corrected chi connectivity index (χ2v) is 5.81. The molecule has 0 saturated heterocycles. The average molecular weight is 331 g/mol. The second-order valence-electron chi connectivity index (χ2n) is 4.81. The number of rotatable bonds is 4. The highest BCUT2D eigenvalue weighted by molar-refractivity contribution is 7.20. The minimum absolute atomic E-state index is 0.306. The number of aromatic nitrogens is 2. The Bertz CT molecular complexity index is 862. The van der Waals surface area contributed by atoms with Crippen LogP contribution in [0.3, 0.4) is 0 Å². The lowest BCUT2D eigenvalue weighted by molar-refractivity contribution is 0.0531. The molecule has 0 spiro atoms. The Morgan fingerprint density at radius 3 is 2.74 bits per heavy atom. The van der Waals surface area contributed by atoms with E-state index in [1.165, 1.54) is 29.8 Å². The van der Waals surface area contributed by atoms with Crippen LogP contribution >= 0.6 is 11.3 Å². The number of fused-ring (bicyclic) bond motifs is 1. The van der Waals surface area contributed by atoms with Gasteiger partial charge >= 0.3 is 5.97 Å². The van der Waals surface area contributed by atoms with Crippen molar-refractivity contribution in [3.8, 4) is 0 Å². The maximum atomic E-state index is 13.0. The fourth-order valence-corrected chi connectivity index (χ4v) is 3.27. The molecule has 0 saturated carbocycles. The van der Waals surface area contributed by atoms with E-state index in [1.807, 2.05) is 6.92 Å². The summed E-state index contributed by atoms with van der Waals surface area (Å²) >= 11 is 1.27. The van der Waals surface area contributed by atoms with Crippen LogP contribution in [0.1, 0.15) is 22.2 Å². The van der Waals surface area contributed by atoms with E-state index in [1.54, 1.807) is 19.1 Å². The van der Waals surface area contributed by atoms with Gasteiger partial charge in [-0.3, -0.25) is 0 Å². The van der Waals surface area contributed by atoms with Gasteiger partial charge in [0.05, 0.1) is 12.0 Å². The summed E-state index contributed by atoms with van der Waals surface area (Å²) in [4.78, 5) is 21.7. The van der Waals surface area contributed by atoms with Gasteiger partial charge in [0.15, 0.2) is 0 Å². The van der Waals surface area contributed by atoms with Gasteiger partial charge in [0.25, 0.3) is 0 Å². The Hall–Kier alpha value is -2.54. The number of hydrogen-bond acceptors (Lipinski definition) is 6. The van der Waals surface area contributed by atoms with Crippen LogP contribution in [0.25, 0.3) is 10.2 Å². The largest absolute Gasteiger partial charge is 0.462 e. The third-order valence-electron chi connectivity index (χ3n) is 3.29. The molecule has 23 heavy (non-hydrogen) atoms. The van der Waals surface area contributed by atoms with Gasteiger partial charge in [-0.1, -0.05) is 0 Å². The normalized spacial score (nSPS) is 10.7. The molecular formula is C16H14FN3O2S. The fourth-order valence-electron chi connectivity index (χ4n) is 2.23. The molecule has 0 aliphatic heterocycles. The molecule has 5 nitrogen and oxygen atoms in total. The highest BCUT2D eigenvalue weighted by Crippen LogP contribution is 2.34. The molecule has 0 bridgehead atoms. The van der Waals surface area contributed by atoms with E-state index >= 15 is 0 Å². The van der Waals surface area contributed by atoms with Crippen LogP contribution < -0.4 is 5.32 Å². The summed E-state index contributed by atoms with van der Waals surface area (Å²) in [6.07, 6.45) is 1.43. The van der Waals surface area contributed by atoms with E-state index < -0.39 is 0 Å². The van der Waals surface area contributed by atoms with E-state index in [4.69, 9.17) is 4.74 Å². The van der Waals surface area contributed by atoms with Crippen molar-refractivity contribution in [3.63, 3.8) is 0 Å². The predicted octanol–water partition coefficient (Wildman–Crippen LogP) is 4.06. The zero-order valence-corrected chi connectivity index (χ0v) is 13.4. The SMILES string of the molecule is CCOC(=O)c1sc2ncnc(Nc3ccc(F)cc3)c2c1C. The van der Waals surface area contributed by atoms with Gasteiger partial charge in [-0.15, -0.1) is 11.3 Å². The first-order valence-electron chi connectivity index (χ1n) is 7.04. The molecule has 0 radical (unpaired) electrons. The number of nitrogens with one attached hydrogen (secondary N) is 1. The van der Waals surface area contributed by atoms with Gasteiger partial charge in [0.2, 0.25) is 0 Å². The zero-order valence-electron chi connectivity index (χ0n) is 12.6. The van der Waals surface area contributed by atoms with E-state index in [2.05, 4.69) is 15.3 Å². The molecule has 118 valence electrons. The lowest BCUT2D eigenvalue weighted by atomic mass is 10.2. The summed E-state index contributed by atoms with van der Waals surface area (Å²) < 4.78 is 18.1. The highest BCUT2D eigenvalue weighted by Gasteiger charge is 2.20. The van der Waals surface area contributed by atoms with Crippen molar-refractivity contribution in [3.05, 3.63) is 46.9 Å². The summed E-state index contributed by atoms with van der Waals surface area (Å²) in [5.41, 5.74) is 1.48. The van der Waals surface area contributed by atoms with Gasteiger partial charge < -0.3 is 10.1 Å². The van der Waals surface area contributed by atoms with Gasteiger partial charge in [0, 0.05) is 5.69 Å². The topological polar surface area (TPSA) is 64.1 Å². The molecule has 0 aliphatic carbocycles. The summed E-state index contributed by atoms with van der Waals surface area (Å²) in [6, 6.07) is 5.98. The maximum Gasteiger partial charge on any atom is 0.348 e. The molecule has 0 fully saturated rings. The minimum Gasteiger partial charge on any atom is -0.462 e. The van der Waals surface area contributed by atoms with Gasteiger partial charge in [-0.05, 0) is 43.7 Å². The molecule has 2 aromatic heterocycles. The molecule has 1 aromatic carbocycles. The molecular weight excluding hydrogens is 317 g/mol. The van der Waals surface area contributed by atoms with Crippen LogP contribution in [0.4, 0.5) is 15.9 Å². The van der Waals surface area contributed by atoms with Crippen LogP contribution in [0.5, 0.6) is 0 Å². The van der Waals surface area contributed by atoms with Gasteiger partial charge in [0.1, 0.15) is 27.7 Å². The summed E-state index contributed by atoms with van der Waals surface area (Å²) in [5.74, 6) is -0.0914. The number of hydrogen-bond donors (Lipinski definition) is 1. The number of benzene rings is 1. The Balaban J connectivity index is 2.04. The molecule has 3 rings (SSSR count). The summed E-state index contributed by atoms with van der Waals surface area (Å²) in [7, 11) is 0. The van der Waals surface area contributed by atoms with Crippen LogP contribution in [0, 0.1) is 12.7 Å². The summed E-state index contributed by atoms with van der Waals surface area (Å²) in [5, 5.41) is 3.90. The van der Waals surface area contributed by atoms with Crippen molar-refractivity contribution in [1.29, 1.82) is 0 Å². The number of aryl methyl sites for hydroxylation is 1. The van der Waals surface area contributed by atoms with Gasteiger partial charge in [-0.25, -0.2) is 19.2 Å². The first-order valence-corrected chi connectivity index (χ1v) is 7.85. The Morgan fingerprint density at radius 2 is 2.04 bits per heavy atom. The van der Waals surface area contributed by atoms with Crippen LogP contribution in [0.2, 0.25) is 0 Å². The Morgan fingerprint density at radius 1 is 1.30 bits per heavy atom. The van der Waals surface area contributed by atoms with E-state index in [9.17, 15) is 9.18 Å². The van der Waals surface area contributed by atoms with Crippen molar-refractivity contribution in [2.24, 2.45) is 0 Å². The number of esters is 1. The number of carbonyl (C=O) groups is 1. The molecule has 2 heterocycles. The third-order valence-corrected chi connectivity index (χ3v) is 4.47. The van der Waals surface area contributed by atoms with Crippen LogP contribution in [-0.4, -0.2) is 22.5 Å². The molecule has 0 aliphatic rings. The second kappa shape index (κ2) is 6.29. The lowest BCUT2D eigenvalue weighted by Crippen LogP contribution is -2.03. The molecule has 3 aromatic rings. The van der Waals surface area contributed by atoms with E-state index in [0.717, 1.165) is 10.9 Å². The molecule has 0 unspecified atom stereocenters. The van der Waals surface area contributed by atoms with Crippen LogP contribution in [-0.2, 0) is 4.74 Å². The van der Waals surface area contributed by atoms with Gasteiger partial charge in [-0.2, -0.15) is 0 Å². The van der Waals surface area contributed by atoms with Crippen molar-refractivity contribution >= 4 is 39.0 Å². The highest BCUT2D eigenvalue weighted by atomic mass is 32.1. The fraction of sp³-hybridized carbons (Fsp3) is 0.188. The molecule has 0 amide bonds. The number of anilines is 2. The standard InChI is InChI=1S/C16H14FN3O2S/c1-3-22-16(21)13-9(2)12-14(18-8-19-15(12)23-13)20-11-6-4-10(17)5-7-11/h4-8H,3H2,1-2H3,(H,18,19,20). The average Bonchev–Trinajstić information content (AvgIpc) is 2.88. The predicted molar refractivity (Wildman–Crippen MR) is 87.8 cm³/mol. The van der Waals surface area contributed by atoms with Crippen molar-refractivity contribution in [2.75, 3.05) is 11.9 Å². The van der Waals surface area contributed by atoms with Crippen molar-refractivity contribution in [1.82, 2.24) is 9.97 Å². The first-order chi connectivity index (χ1) is 11.1. The Labute approximate surface area is 136 Å². The Kier molecular flexibility index (Phi) is 4.20. The smallest absolute Gasteiger partial charge is 0.348 e. The molecule has 0 atom stereocenters. The van der Waals surface area contributed by atoms with Crippen molar-refractivity contribution < 1.29 is 13.9 Å². The minimum atomic E-state index is -0.360. The number of nitrogens with zero attached hydrogens (tertiary/aromatic N) is 2. The zero-order chi connectivity index (χ0) is 16.4. The monoisotopic (exact) mass is 331 g/mol. The first kappa shape index (κ1) is 15.4. The number of ether oxygens (including phenoxy) is 1. The molecule has 7 heteroatoms. The quantitative estimate of drug-likeness (QED) is 0.730.